The first-order chi connectivity index (χ1) is 26.5. The number of nitrogens with zero attached hydrogens (tertiary/aromatic N) is 10. The molecule has 0 bridgehead atoms. The zero-order chi connectivity index (χ0) is 38.4. The van der Waals surface area contributed by atoms with Crippen LogP contribution in [0.25, 0.3) is 11.1 Å². The van der Waals surface area contributed by atoms with Crippen molar-refractivity contribution < 1.29 is 28.3 Å². The third-order valence-electron chi connectivity index (χ3n) is 11.8. The number of likely N-dealkylation sites (tertiary alicyclic amines) is 1. The normalized spacial score (nSPS) is 18.1. The minimum Gasteiger partial charge on any atom is -0.478 e. The lowest BCUT2D eigenvalue weighted by Gasteiger charge is -2.36. The van der Waals surface area contributed by atoms with Crippen molar-refractivity contribution >= 4 is 35.2 Å². The van der Waals surface area contributed by atoms with Crippen LogP contribution in [-0.4, -0.2) is 101 Å². The Kier molecular flexibility index (Phi) is 9.99. The lowest BCUT2D eigenvalue weighted by molar-refractivity contribution is -0.133. The van der Waals surface area contributed by atoms with E-state index in [1.54, 1.807) is 37.1 Å². The molecule has 8 rings (SSSR count). The molecule has 4 aliphatic heterocycles. The molecule has 14 nitrogen and oxygen atoms in total. The van der Waals surface area contributed by atoms with Crippen molar-refractivity contribution in [2.75, 3.05) is 49.1 Å². The summed E-state index contributed by atoms with van der Waals surface area (Å²) in [5.41, 5.74) is 4.93. The number of carboxylic acids is 1. The van der Waals surface area contributed by atoms with Crippen LogP contribution in [-0.2, 0) is 36.0 Å². The molecule has 55 heavy (non-hydrogen) atoms. The first-order valence-electron chi connectivity index (χ1n) is 19.2. The van der Waals surface area contributed by atoms with Crippen molar-refractivity contribution in [2.45, 2.75) is 77.3 Å². The Balaban J connectivity index is 0.974. The number of carboxylic acid groups (broad SMARTS) is 1. The molecule has 1 aromatic carbocycles. The number of aryl methyl sites for hydroxylation is 2. The summed E-state index contributed by atoms with van der Waals surface area (Å²) in [5, 5.41) is 18.6. The number of fused-ring (bicyclic) bond motifs is 2. The largest absolute Gasteiger partial charge is 0.478 e. The number of rotatable bonds is 8. The summed E-state index contributed by atoms with van der Waals surface area (Å²) in [6.07, 6.45) is 9.22. The third kappa shape index (κ3) is 7.25. The predicted molar refractivity (Wildman–Crippen MR) is 199 cm³/mol. The summed E-state index contributed by atoms with van der Waals surface area (Å²) >= 11 is 0. The predicted octanol–water partition coefficient (Wildman–Crippen LogP) is 5.17. The molecule has 2 fully saturated rings. The molecular weight excluding hydrogens is 710 g/mol. The van der Waals surface area contributed by atoms with Gasteiger partial charge in [0.15, 0.2) is 5.82 Å². The summed E-state index contributed by atoms with van der Waals surface area (Å²) < 4.78 is 33.0. The van der Waals surface area contributed by atoms with Crippen molar-refractivity contribution in [2.24, 2.45) is 13.0 Å². The van der Waals surface area contributed by atoms with Gasteiger partial charge in [0.05, 0.1) is 24.3 Å². The maximum Gasteiger partial charge on any atom is 0.338 e. The molecule has 4 aromatic rings. The number of carbonyl (C=O) groups is 3. The zero-order valence-electron chi connectivity index (χ0n) is 31.2. The molecule has 290 valence electrons. The number of hydrogen-bond acceptors (Lipinski definition) is 9. The number of aromatic carboxylic acids is 1. The standard InChI is InChI=1S/C39H46F2N10O4/c1-24(52)49-15-9-33-32(23-49)37(50-10-3-4-26-17-30(28-21-44-46(2)22-28)31(36(40)41)18-34(26)50)45-51(33)29-7-13-47(14-8-29)35(53)16-25-5-11-48(12-6-25)39-42-19-27(20-43-39)38(54)55/h17-22,25,29,36H,3-16,23H2,1-2H3,(H,54,55). The van der Waals surface area contributed by atoms with Crippen molar-refractivity contribution in [1.82, 2.24) is 39.3 Å². The summed E-state index contributed by atoms with van der Waals surface area (Å²) in [7, 11) is 1.77. The molecular formula is C39H46F2N10O4. The molecule has 0 radical (unpaired) electrons. The average molecular weight is 757 g/mol. The van der Waals surface area contributed by atoms with E-state index in [1.165, 1.54) is 12.4 Å². The first-order valence-corrected chi connectivity index (χ1v) is 19.2. The Morgan fingerprint density at radius 2 is 1.67 bits per heavy atom. The second-order valence-electron chi connectivity index (χ2n) is 15.2. The van der Waals surface area contributed by atoms with Crippen molar-refractivity contribution in [1.29, 1.82) is 0 Å². The number of amides is 2. The van der Waals surface area contributed by atoms with Crippen LogP contribution in [0.5, 0.6) is 0 Å². The number of benzene rings is 1. The van der Waals surface area contributed by atoms with E-state index in [9.17, 15) is 23.2 Å². The Hall–Kier alpha value is -5.41. The minimum atomic E-state index is -2.68. The van der Waals surface area contributed by atoms with E-state index in [1.807, 2.05) is 20.8 Å². The van der Waals surface area contributed by atoms with Crippen LogP contribution in [0.15, 0.2) is 36.9 Å². The summed E-state index contributed by atoms with van der Waals surface area (Å²) in [6.45, 7) is 5.86. The van der Waals surface area contributed by atoms with Crippen LogP contribution >= 0.6 is 0 Å². The van der Waals surface area contributed by atoms with Gasteiger partial charge in [-0.3, -0.25) is 19.0 Å². The van der Waals surface area contributed by atoms with E-state index in [4.69, 9.17) is 10.2 Å². The number of anilines is 3. The highest BCUT2D eigenvalue weighted by molar-refractivity contribution is 5.86. The van der Waals surface area contributed by atoms with Crippen molar-refractivity contribution in [3.8, 4) is 11.1 Å². The smallest absolute Gasteiger partial charge is 0.338 e. The van der Waals surface area contributed by atoms with Crippen LogP contribution in [0.2, 0.25) is 0 Å². The van der Waals surface area contributed by atoms with Gasteiger partial charge in [-0.05, 0) is 67.7 Å². The Morgan fingerprint density at radius 1 is 0.927 bits per heavy atom. The monoisotopic (exact) mass is 756 g/mol. The van der Waals surface area contributed by atoms with Gasteiger partial charge < -0.3 is 24.7 Å². The van der Waals surface area contributed by atoms with Crippen LogP contribution in [0.4, 0.5) is 26.2 Å². The summed E-state index contributed by atoms with van der Waals surface area (Å²) in [6, 6.07) is 3.58. The average Bonchev–Trinajstić information content (AvgIpc) is 3.80. The van der Waals surface area contributed by atoms with Crippen LogP contribution in [0.3, 0.4) is 0 Å². The van der Waals surface area contributed by atoms with Crippen molar-refractivity contribution in [3.63, 3.8) is 0 Å². The highest BCUT2D eigenvalue weighted by Gasteiger charge is 2.36. The number of piperidine rings is 2. The third-order valence-corrected chi connectivity index (χ3v) is 11.8. The Bertz CT molecular complexity index is 2080. The lowest BCUT2D eigenvalue weighted by atomic mass is 9.92. The molecule has 1 N–H and O–H groups in total. The van der Waals surface area contributed by atoms with Gasteiger partial charge in [0, 0.05) is 113 Å². The highest BCUT2D eigenvalue weighted by Crippen LogP contribution is 2.44. The number of carbonyl (C=O) groups excluding carboxylic acids is 2. The molecule has 3 aromatic heterocycles. The number of hydrogen-bond donors (Lipinski definition) is 1. The number of halogens is 2. The molecule has 2 saturated heterocycles. The lowest BCUT2D eigenvalue weighted by Crippen LogP contribution is -2.42. The second kappa shape index (κ2) is 15.0. The zero-order valence-corrected chi connectivity index (χ0v) is 31.2. The van der Waals surface area contributed by atoms with Gasteiger partial charge >= 0.3 is 5.97 Å². The van der Waals surface area contributed by atoms with E-state index in [0.717, 1.165) is 66.9 Å². The fraction of sp³-hybridized carbons (Fsp3) is 0.513. The molecule has 16 heteroatoms. The van der Waals surface area contributed by atoms with Crippen LogP contribution < -0.4 is 9.80 Å². The van der Waals surface area contributed by atoms with Gasteiger partial charge in [-0.2, -0.15) is 10.2 Å². The molecule has 7 heterocycles. The topological polar surface area (TPSA) is 146 Å². The minimum absolute atomic E-state index is 0.00952. The van der Waals surface area contributed by atoms with Gasteiger partial charge in [-0.15, -0.1) is 0 Å². The molecule has 2 amide bonds. The fourth-order valence-corrected chi connectivity index (χ4v) is 8.74. The van der Waals surface area contributed by atoms with Gasteiger partial charge in [-0.25, -0.2) is 23.5 Å². The summed E-state index contributed by atoms with van der Waals surface area (Å²) in [4.78, 5) is 53.6. The molecule has 0 atom stereocenters. The van der Waals surface area contributed by atoms with E-state index in [2.05, 4.69) is 24.6 Å². The fourth-order valence-electron chi connectivity index (χ4n) is 8.74. The SMILES string of the molecule is CC(=O)N1CCc2c(c(N3CCCc4cc(-c5cnn(C)c5)c(C(F)F)cc43)nn2C2CCN(C(=O)CC3CCN(c4ncc(C(=O)O)cn4)CC3)CC2)C1. The molecule has 4 aliphatic rings. The van der Waals surface area contributed by atoms with Crippen LogP contribution in [0.1, 0.15) is 90.7 Å². The molecule has 0 aliphatic carbocycles. The summed E-state index contributed by atoms with van der Waals surface area (Å²) in [5.74, 6) is 0.573. The molecule has 0 unspecified atom stereocenters. The second-order valence-corrected chi connectivity index (χ2v) is 15.2. The van der Waals surface area contributed by atoms with Gasteiger partial charge in [0.1, 0.15) is 0 Å². The van der Waals surface area contributed by atoms with Crippen LogP contribution in [0, 0.1) is 5.92 Å². The van der Waals surface area contributed by atoms with E-state index in [0.29, 0.717) is 75.7 Å². The maximum absolute atomic E-state index is 14.7. The van der Waals surface area contributed by atoms with E-state index in [-0.39, 0.29) is 34.9 Å². The number of aromatic nitrogens is 6. The highest BCUT2D eigenvalue weighted by atomic mass is 19.3. The number of alkyl halides is 2. The molecule has 0 spiro atoms. The maximum atomic E-state index is 14.7. The van der Waals surface area contributed by atoms with Crippen molar-refractivity contribution in [3.05, 3.63) is 64.9 Å². The van der Waals surface area contributed by atoms with E-state index < -0.39 is 12.4 Å². The van der Waals surface area contributed by atoms with Gasteiger partial charge in [-0.1, -0.05) is 0 Å². The quantitative estimate of drug-likeness (QED) is 0.256. The van der Waals surface area contributed by atoms with Gasteiger partial charge in [0.2, 0.25) is 17.8 Å². The first kappa shape index (κ1) is 36.6. The Labute approximate surface area is 317 Å². The molecule has 0 saturated carbocycles. The van der Waals surface area contributed by atoms with E-state index >= 15 is 0 Å². The van der Waals surface area contributed by atoms with Gasteiger partial charge in [0.25, 0.3) is 6.43 Å². The Morgan fingerprint density at radius 3 is 2.33 bits per heavy atom.